The van der Waals surface area contributed by atoms with Crippen LogP contribution in [0.2, 0.25) is 0 Å². The van der Waals surface area contributed by atoms with Crippen molar-refractivity contribution in [3.8, 4) is 0 Å². The molecule has 2 saturated heterocycles. The SMILES string of the molecule is Cc1ccc(S(=O)(=O)N2CCC(N3CC(C(=O)O)CC3=O)CC2)c(C)c1. The maximum Gasteiger partial charge on any atom is 0.308 e. The Labute approximate surface area is 153 Å². The van der Waals surface area contributed by atoms with E-state index in [-0.39, 0.29) is 24.9 Å². The number of nitrogens with zero attached hydrogens (tertiary/aromatic N) is 2. The first-order valence-electron chi connectivity index (χ1n) is 8.80. The minimum Gasteiger partial charge on any atom is -0.481 e. The zero-order valence-electron chi connectivity index (χ0n) is 15.0. The topological polar surface area (TPSA) is 95.0 Å². The van der Waals surface area contributed by atoms with Gasteiger partial charge in [-0.05, 0) is 38.3 Å². The first-order chi connectivity index (χ1) is 12.2. The number of hydrogen-bond donors (Lipinski definition) is 1. The molecule has 0 saturated carbocycles. The van der Waals surface area contributed by atoms with Crippen LogP contribution in [0.5, 0.6) is 0 Å². The molecular formula is C18H24N2O5S. The molecule has 2 heterocycles. The van der Waals surface area contributed by atoms with E-state index in [1.54, 1.807) is 24.0 Å². The van der Waals surface area contributed by atoms with Crippen LogP contribution in [0, 0.1) is 19.8 Å². The summed E-state index contributed by atoms with van der Waals surface area (Å²) < 4.78 is 27.3. The van der Waals surface area contributed by atoms with Crippen LogP contribution < -0.4 is 0 Å². The summed E-state index contributed by atoms with van der Waals surface area (Å²) in [5, 5.41) is 9.10. The fourth-order valence-electron chi connectivity index (χ4n) is 3.87. The summed E-state index contributed by atoms with van der Waals surface area (Å²) in [5.41, 5.74) is 1.74. The molecule has 0 aromatic heterocycles. The summed E-state index contributed by atoms with van der Waals surface area (Å²) in [6.45, 7) is 4.61. The van der Waals surface area contributed by atoms with E-state index in [2.05, 4.69) is 0 Å². The number of aliphatic carboxylic acids is 1. The molecule has 1 N–H and O–H groups in total. The molecule has 26 heavy (non-hydrogen) atoms. The first kappa shape index (κ1) is 18.8. The molecule has 8 heteroatoms. The van der Waals surface area contributed by atoms with Gasteiger partial charge in [-0.25, -0.2) is 8.42 Å². The van der Waals surface area contributed by atoms with Crippen LogP contribution >= 0.6 is 0 Å². The normalized spacial score (nSPS) is 22.8. The first-order valence-corrected chi connectivity index (χ1v) is 10.2. The lowest BCUT2D eigenvalue weighted by Crippen LogP contribution is -2.47. The van der Waals surface area contributed by atoms with Crippen LogP contribution in [0.4, 0.5) is 0 Å². The number of carbonyl (C=O) groups is 2. The second kappa shape index (κ2) is 7.00. The Balaban J connectivity index is 1.68. The highest BCUT2D eigenvalue weighted by atomic mass is 32.2. The minimum atomic E-state index is -3.56. The highest BCUT2D eigenvalue weighted by Gasteiger charge is 2.40. The summed E-state index contributed by atoms with van der Waals surface area (Å²) in [7, 11) is -3.56. The van der Waals surface area contributed by atoms with E-state index >= 15 is 0 Å². The van der Waals surface area contributed by atoms with Gasteiger partial charge in [-0.2, -0.15) is 4.31 Å². The molecule has 2 aliphatic heterocycles. The minimum absolute atomic E-state index is 0.0381. The number of rotatable bonds is 4. The maximum absolute atomic E-state index is 12.9. The van der Waals surface area contributed by atoms with Gasteiger partial charge in [0.1, 0.15) is 0 Å². The average molecular weight is 380 g/mol. The molecular weight excluding hydrogens is 356 g/mol. The fraction of sp³-hybridized carbons (Fsp3) is 0.556. The Kier molecular flexibility index (Phi) is 5.07. The van der Waals surface area contributed by atoms with Crippen molar-refractivity contribution in [2.75, 3.05) is 19.6 Å². The molecule has 1 amide bonds. The Hall–Kier alpha value is -1.93. The lowest BCUT2D eigenvalue weighted by atomic mass is 10.1. The highest BCUT2D eigenvalue weighted by molar-refractivity contribution is 7.89. The lowest BCUT2D eigenvalue weighted by molar-refractivity contribution is -0.141. The van der Waals surface area contributed by atoms with Gasteiger partial charge in [-0.15, -0.1) is 0 Å². The van der Waals surface area contributed by atoms with E-state index in [0.29, 0.717) is 30.8 Å². The van der Waals surface area contributed by atoms with Crippen molar-refractivity contribution in [1.82, 2.24) is 9.21 Å². The third kappa shape index (κ3) is 3.48. The molecule has 3 rings (SSSR count). The zero-order chi connectivity index (χ0) is 19.1. The van der Waals surface area contributed by atoms with E-state index in [1.807, 2.05) is 13.0 Å². The standard InChI is InChI=1S/C18H24N2O5S/c1-12-3-4-16(13(2)9-12)26(24,25)19-7-5-15(6-8-19)20-11-14(18(22)23)10-17(20)21/h3-4,9,14-15H,5-8,10-11H2,1-2H3,(H,22,23). The molecule has 0 aliphatic carbocycles. The molecule has 7 nitrogen and oxygen atoms in total. The van der Waals surface area contributed by atoms with Crippen LogP contribution in [0.1, 0.15) is 30.4 Å². The monoisotopic (exact) mass is 380 g/mol. The average Bonchev–Trinajstić information content (AvgIpc) is 2.97. The second-order valence-corrected chi connectivity index (χ2v) is 9.10. The van der Waals surface area contributed by atoms with Crippen molar-refractivity contribution in [3.05, 3.63) is 29.3 Å². The molecule has 1 aromatic carbocycles. The summed E-state index contributed by atoms with van der Waals surface area (Å²) in [6.07, 6.45) is 1.10. The third-order valence-electron chi connectivity index (χ3n) is 5.32. The molecule has 0 spiro atoms. The van der Waals surface area contributed by atoms with Crippen molar-refractivity contribution in [2.45, 2.75) is 44.0 Å². The van der Waals surface area contributed by atoms with Gasteiger partial charge in [0.05, 0.1) is 10.8 Å². The Morgan fingerprint density at radius 3 is 2.38 bits per heavy atom. The molecule has 1 aromatic rings. The summed E-state index contributed by atoms with van der Waals surface area (Å²) in [5.74, 6) is -1.75. The Morgan fingerprint density at radius 2 is 1.85 bits per heavy atom. The molecule has 2 fully saturated rings. The predicted octanol–water partition coefficient (Wildman–Crippen LogP) is 1.39. The molecule has 0 radical (unpaired) electrons. The number of carboxylic acid groups (broad SMARTS) is 1. The highest BCUT2D eigenvalue weighted by Crippen LogP contribution is 2.29. The van der Waals surface area contributed by atoms with Gasteiger partial charge in [-0.1, -0.05) is 17.7 Å². The van der Waals surface area contributed by atoms with Gasteiger partial charge in [0.25, 0.3) is 0 Å². The van der Waals surface area contributed by atoms with Crippen molar-refractivity contribution in [3.63, 3.8) is 0 Å². The van der Waals surface area contributed by atoms with Crippen LogP contribution in [-0.2, 0) is 19.6 Å². The lowest BCUT2D eigenvalue weighted by Gasteiger charge is -2.36. The predicted molar refractivity (Wildman–Crippen MR) is 95.2 cm³/mol. The van der Waals surface area contributed by atoms with Crippen LogP contribution in [0.3, 0.4) is 0 Å². The van der Waals surface area contributed by atoms with E-state index in [4.69, 9.17) is 5.11 Å². The number of carbonyl (C=O) groups excluding carboxylic acids is 1. The number of hydrogen-bond acceptors (Lipinski definition) is 4. The quantitative estimate of drug-likeness (QED) is 0.852. The number of benzene rings is 1. The van der Waals surface area contributed by atoms with Crippen molar-refractivity contribution >= 4 is 21.9 Å². The fourth-order valence-corrected chi connectivity index (χ4v) is 5.55. The van der Waals surface area contributed by atoms with Crippen molar-refractivity contribution in [1.29, 1.82) is 0 Å². The largest absolute Gasteiger partial charge is 0.481 e. The number of aryl methyl sites for hydroxylation is 2. The van der Waals surface area contributed by atoms with Crippen LogP contribution in [-0.4, -0.2) is 60.3 Å². The van der Waals surface area contributed by atoms with Crippen molar-refractivity contribution in [2.24, 2.45) is 5.92 Å². The molecule has 1 unspecified atom stereocenters. The van der Waals surface area contributed by atoms with E-state index < -0.39 is 21.9 Å². The van der Waals surface area contributed by atoms with E-state index in [1.165, 1.54) is 4.31 Å². The summed E-state index contributed by atoms with van der Waals surface area (Å²) in [6, 6.07) is 5.21. The molecule has 1 atom stereocenters. The van der Waals surface area contributed by atoms with Gasteiger partial charge in [0.2, 0.25) is 15.9 Å². The number of amides is 1. The van der Waals surface area contributed by atoms with Crippen LogP contribution in [0.25, 0.3) is 0 Å². The van der Waals surface area contributed by atoms with E-state index in [9.17, 15) is 18.0 Å². The number of piperidine rings is 1. The van der Waals surface area contributed by atoms with Gasteiger partial charge < -0.3 is 10.0 Å². The van der Waals surface area contributed by atoms with Crippen LogP contribution in [0.15, 0.2) is 23.1 Å². The van der Waals surface area contributed by atoms with Gasteiger partial charge in [0, 0.05) is 32.1 Å². The Morgan fingerprint density at radius 1 is 1.19 bits per heavy atom. The maximum atomic E-state index is 12.9. The van der Waals surface area contributed by atoms with E-state index in [0.717, 1.165) is 11.1 Å². The smallest absolute Gasteiger partial charge is 0.308 e. The second-order valence-electron chi connectivity index (χ2n) is 7.19. The van der Waals surface area contributed by atoms with Gasteiger partial charge in [-0.3, -0.25) is 9.59 Å². The van der Waals surface area contributed by atoms with Crippen molar-refractivity contribution < 1.29 is 23.1 Å². The molecule has 0 bridgehead atoms. The third-order valence-corrected chi connectivity index (χ3v) is 7.38. The number of carboxylic acids is 1. The summed E-state index contributed by atoms with van der Waals surface area (Å²) >= 11 is 0. The van der Waals surface area contributed by atoms with Gasteiger partial charge >= 0.3 is 5.97 Å². The summed E-state index contributed by atoms with van der Waals surface area (Å²) in [4.78, 5) is 25.1. The molecule has 2 aliphatic rings. The Bertz CT molecular complexity index is 828. The molecule has 142 valence electrons. The number of sulfonamides is 1. The zero-order valence-corrected chi connectivity index (χ0v) is 15.8. The number of likely N-dealkylation sites (tertiary alicyclic amines) is 1. The van der Waals surface area contributed by atoms with Gasteiger partial charge in [0.15, 0.2) is 0 Å².